The highest BCUT2D eigenvalue weighted by molar-refractivity contribution is 5.49. The molecule has 1 fully saturated rings. The van der Waals surface area contributed by atoms with Crippen molar-refractivity contribution >= 4 is 11.6 Å². The average Bonchev–Trinajstić information content (AvgIpc) is 2.67. The molecule has 19 heavy (non-hydrogen) atoms. The van der Waals surface area contributed by atoms with Crippen LogP contribution in [0.3, 0.4) is 0 Å². The van der Waals surface area contributed by atoms with E-state index in [1.807, 2.05) is 13.0 Å². The smallest absolute Gasteiger partial charge is 0.134 e. The second kappa shape index (κ2) is 7.28. The van der Waals surface area contributed by atoms with Crippen LogP contribution in [0.4, 0.5) is 11.6 Å². The number of rotatable bonds is 5. The Morgan fingerprint density at radius 1 is 1.21 bits per heavy atom. The van der Waals surface area contributed by atoms with Crippen LogP contribution in [0.15, 0.2) is 6.07 Å². The maximum Gasteiger partial charge on any atom is 0.134 e. The van der Waals surface area contributed by atoms with Crippen LogP contribution < -0.4 is 10.2 Å². The number of nitrogens with zero attached hydrogens (tertiary/aromatic N) is 3. The minimum absolute atomic E-state index is 0.683. The number of hydrogen-bond acceptors (Lipinski definition) is 5. The van der Waals surface area contributed by atoms with E-state index in [2.05, 4.69) is 20.2 Å². The first-order valence-electron chi connectivity index (χ1n) is 7.13. The summed E-state index contributed by atoms with van der Waals surface area (Å²) in [6, 6.07) is 2.05. The monoisotopic (exact) mass is 264 g/mol. The quantitative estimate of drug-likeness (QED) is 0.826. The molecule has 0 unspecified atom stereocenters. The summed E-state index contributed by atoms with van der Waals surface area (Å²) < 4.78 is 5.04. The van der Waals surface area contributed by atoms with Crippen molar-refractivity contribution in [2.45, 2.75) is 32.6 Å². The first-order chi connectivity index (χ1) is 9.29. The summed E-state index contributed by atoms with van der Waals surface area (Å²) in [5.41, 5.74) is 0. The molecule has 0 radical (unpaired) electrons. The number of nitrogens with one attached hydrogen (secondary N) is 1. The Labute approximate surface area is 115 Å². The second-order valence-electron chi connectivity index (χ2n) is 4.98. The van der Waals surface area contributed by atoms with Gasteiger partial charge in [-0.1, -0.05) is 12.8 Å². The molecular weight excluding hydrogens is 240 g/mol. The van der Waals surface area contributed by atoms with Gasteiger partial charge < -0.3 is 15.0 Å². The molecule has 1 aliphatic heterocycles. The third-order valence-electron chi connectivity index (χ3n) is 3.37. The lowest BCUT2D eigenvalue weighted by molar-refractivity contribution is 0.210. The zero-order valence-corrected chi connectivity index (χ0v) is 12.0. The molecule has 0 saturated carbocycles. The molecule has 0 aromatic carbocycles. The fourth-order valence-electron chi connectivity index (χ4n) is 2.39. The molecule has 2 rings (SSSR count). The molecule has 5 heteroatoms. The van der Waals surface area contributed by atoms with Gasteiger partial charge >= 0.3 is 0 Å². The Morgan fingerprint density at radius 3 is 2.63 bits per heavy atom. The minimum atomic E-state index is 0.683. The molecule has 106 valence electrons. The van der Waals surface area contributed by atoms with E-state index in [0.717, 1.165) is 37.1 Å². The van der Waals surface area contributed by atoms with Crippen molar-refractivity contribution in [3.8, 4) is 0 Å². The minimum Gasteiger partial charge on any atom is -0.383 e. The van der Waals surface area contributed by atoms with Crippen molar-refractivity contribution in [3.05, 3.63) is 11.9 Å². The van der Waals surface area contributed by atoms with Gasteiger partial charge in [0.05, 0.1) is 6.61 Å². The highest BCUT2D eigenvalue weighted by atomic mass is 16.5. The summed E-state index contributed by atoms with van der Waals surface area (Å²) in [6.07, 6.45) is 5.18. The number of ether oxygens (including phenoxy) is 1. The second-order valence-corrected chi connectivity index (χ2v) is 4.98. The van der Waals surface area contributed by atoms with Crippen molar-refractivity contribution in [3.63, 3.8) is 0 Å². The van der Waals surface area contributed by atoms with E-state index in [4.69, 9.17) is 4.74 Å². The fourth-order valence-corrected chi connectivity index (χ4v) is 2.39. The van der Waals surface area contributed by atoms with Gasteiger partial charge in [-0.2, -0.15) is 0 Å². The molecule has 5 nitrogen and oxygen atoms in total. The number of methoxy groups -OCH3 is 1. The van der Waals surface area contributed by atoms with E-state index in [-0.39, 0.29) is 0 Å². The van der Waals surface area contributed by atoms with Crippen molar-refractivity contribution in [1.82, 2.24) is 9.97 Å². The lowest BCUT2D eigenvalue weighted by Gasteiger charge is -2.22. The molecule has 2 heterocycles. The molecule has 1 aromatic heterocycles. The Balaban J connectivity index is 2.06. The van der Waals surface area contributed by atoms with Crippen molar-refractivity contribution in [2.24, 2.45) is 0 Å². The van der Waals surface area contributed by atoms with Gasteiger partial charge in [0.2, 0.25) is 0 Å². The SMILES string of the molecule is COCCNc1cc(N2CCCCCC2)nc(C)n1. The van der Waals surface area contributed by atoms with Crippen LogP contribution in [-0.2, 0) is 4.74 Å². The lowest BCUT2D eigenvalue weighted by atomic mass is 10.2. The van der Waals surface area contributed by atoms with E-state index in [0.29, 0.717) is 6.61 Å². The summed E-state index contributed by atoms with van der Waals surface area (Å²) in [6.45, 7) is 5.61. The van der Waals surface area contributed by atoms with Gasteiger partial charge in [0.15, 0.2) is 0 Å². The van der Waals surface area contributed by atoms with Gasteiger partial charge in [-0.15, -0.1) is 0 Å². The van der Waals surface area contributed by atoms with E-state index in [1.165, 1.54) is 25.7 Å². The number of aryl methyl sites for hydroxylation is 1. The third-order valence-corrected chi connectivity index (χ3v) is 3.37. The van der Waals surface area contributed by atoms with Crippen molar-refractivity contribution < 1.29 is 4.74 Å². The molecule has 1 aliphatic rings. The molecule has 0 atom stereocenters. The van der Waals surface area contributed by atoms with Gasteiger partial charge in [-0.25, -0.2) is 9.97 Å². The van der Waals surface area contributed by atoms with Gasteiger partial charge in [-0.3, -0.25) is 0 Å². The standard InChI is InChI=1S/C14H24N4O/c1-12-16-13(15-7-10-19-2)11-14(17-12)18-8-5-3-4-6-9-18/h11H,3-10H2,1-2H3,(H,15,16,17). The largest absolute Gasteiger partial charge is 0.383 e. The molecular formula is C14H24N4O. The summed E-state index contributed by atoms with van der Waals surface area (Å²) in [5, 5.41) is 3.28. The molecule has 0 bridgehead atoms. The van der Waals surface area contributed by atoms with Crippen LogP contribution in [0.5, 0.6) is 0 Å². The summed E-state index contributed by atoms with van der Waals surface area (Å²) >= 11 is 0. The predicted molar refractivity (Wildman–Crippen MR) is 77.8 cm³/mol. The third kappa shape index (κ3) is 4.35. The molecule has 0 spiro atoms. The molecule has 1 saturated heterocycles. The van der Waals surface area contributed by atoms with Crippen LogP contribution >= 0.6 is 0 Å². The summed E-state index contributed by atoms with van der Waals surface area (Å²) in [4.78, 5) is 11.4. The first kappa shape index (κ1) is 14.1. The van der Waals surface area contributed by atoms with Gasteiger partial charge in [0.25, 0.3) is 0 Å². The number of anilines is 2. The van der Waals surface area contributed by atoms with Crippen molar-refractivity contribution in [2.75, 3.05) is 43.6 Å². The van der Waals surface area contributed by atoms with E-state index < -0.39 is 0 Å². The Bertz CT molecular complexity index is 389. The van der Waals surface area contributed by atoms with E-state index in [1.54, 1.807) is 7.11 Å². The summed E-state index contributed by atoms with van der Waals surface area (Å²) in [7, 11) is 1.70. The van der Waals surface area contributed by atoms with Gasteiger partial charge in [0.1, 0.15) is 17.5 Å². The first-order valence-corrected chi connectivity index (χ1v) is 7.13. The van der Waals surface area contributed by atoms with Crippen LogP contribution in [-0.4, -0.2) is 43.3 Å². The van der Waals surface area contributed by atoms with Gasteiger partial charge in [-0.05, 0) is 19.8 Å². The molecule has 0 amide bonds. The zero-order chi connectivity index (χ0) is 13.5. The van der Waals surface area contributed by atoms with Crippen LogP contribution in [0.25, 0.3) is 0 Å². The number of aromatic nitrogens is 2. The van der Waals surface area contributed by atoms with Crippen LogP contribution in [0.2, 0.25) is 0 Å². The normalized spacial score (nSPS) is 16.2. The maximum atomic E-state index is 5.04. The molecule has 0 aliphatic carbocycles. The predicted octanol–water partition coefficient (Wildman–Crippen LogP) is 2.22. The highest BCUT2D eigenvalue weighted by Crippen LogP contribution is 2.19. The van der Waals surface area contributed by atoms with Gasteiger partial charge in [0, 0.05) is 32.8 Å². The lowest BCUT2D eigenvalue weighted by Crippen LogP contribution is -2.25. The Hall–Kier alpha value is -1.36. The maximum absolute atomic E-state index is 5.04. The van der Waals surface area contributed by atoms with E-state index >= 15 is 0 Å². The molecule has 1 aromatic rings. The van der Waals surface area contributed by atoms with Crippen LogP contribution in [0.1, 0.15) is 31.5 Å². The topological polar surface area (TPSA) is 50.3 Å². The zero-order valence-electron chi connectivity index (χ0n) is 12.0. The molecule has 1 N–H and O–H groups in total. The Morgan fingerprint density at radius 2 is 1.95 bits per heavy atom. The Kier molecular flexibility index (Phi) is 5.39. The summed E-state index contributed by atoms with van der Waals surface area (Å²) in [5.74, 6) is 2.76. The number of hydrogen-bond donors (Lipinski definition) is 1. The van der Waals surface area contributed by atoms with Crippen molar-refractivity contribution in [1.29, 1.82) is 0 Å². The average molecular weight is 264 g/mol. The fraction of sp³-hybridized carbons (Fsp3) is 0.714. The highest BCUT2D eigenvalue weighted by Gasteiger charge is 2.12. The van der Waals surface area contributed by atoms with Crippen LogP contribution in [0, 0.1) is 6.92 Å². The van der Waals surface area contributed by atoms with E-state index in [9.17, 15) is 0 Å².